The highest BCUT2D eigenvalue weighted by Crippen LogP contribution is 2.15. The van der Waals surface area contributed by atoms with Gasteiger partial charge in [0.25, 0.3) is 5.91 Å². The minimum absolute atomic E-state index is 0.000452. The molecule has 1 atom stereocenters. The molecular formula is C17H22FN3O3S. The Kier molecular flexibility index (Phi) is 6.28. The molecular weight excluding hydrogens is 345 g/mol. The van der Waals surface area contributed by atoms with Crippen LogP contribution in [0.25, 0.3) is 0 Å². The molecule has 8 heteroatoms. The zero-order valence-electron chi connectivity index (χ0n) is 13.9. The second-order valence-electron chi connectivity index (χ2n) is 6.06. The largest absolute Gasteiger partial charge is 0.366 e. The Morgan fingerprint density at radius 1 is 1.24 bits per heavy atom. The molecule has 2 saturated heterocycles. The summed E-state index contributed by atoms with van der Waals surface area (Å²) in [5.41, 5.74) is 0.166. The summed E-state index contributed by atoms with van der Waals surface area (Å²) >= 11 is 1.85. The number of rotatable bonds is 4. The van der Waals surface area contributed by atoms with Gasteiger partial charge >= 0.3 is 0 Å². The molecule has 2 aliphatic heterocycles. The Hall–Kier alpha value is -1.64. The maximum Gasteiger partial charge on any atom is 0.253 e. The fourth-order valence-electron chi connectivity index (χ4n) is 2.94. The van der Waals surface area contributed by atoms with Gasteiger partial charge in [0.15, 0.2) is 0 Å². The molecule has 0 aliphatic carbocycles. The third-order valence-corrected chi connectivity index (χ3v) is 5.21. The maximum absolute atomic E-state index is 13.6. The van der Waals surface area contributed by atoms with E-state index in [1.165, 1.54) is 12.1 Å². The fraction of sp³-hybridized carbons (Fsp3) is 0.529. The van der Waals surface area contributed by atoms with E-state index in [4.69, 9.17) is 4.74 Å². The molecule has 1 N–H and O–H groups in total. The Bertz CT molecular complexity index is 625. The van der Waals surface area contributed by atoms with Crippen LogP contribution in [0.1, 0.15) is 0 Å². The predicted octanol–water partition coefficient (Wildman–Crippen LogP) is 1.04. The highest BCUT2D eigenvalue weighted by atomic mass is 32.2. The van der Waals surface area contributed by atoms with Crippen LogP contribution < -0.4 is 5.32 Å². The van der Waals surface area contributed by atoms with E-state index < -0.39 is 11.9 Å². The van der Waals surface area contributed by atoms with Gasteiger partial charge in [-0.3, -0.25) is 14.5 Å². The Morgan fingerprint density at radius 3 is 2.76 bits per heavy atom. The van der Waals surface area contributed by atoms with Crippen molar-refractivity contribution in [3.63, 3.8) is 0 Å². The van der Waals surface area contributed by atoms with Gasteiger partial charge in [0, 0.05) is 37.7 Å². The highest BCUT2D eigenvalue weighted by molar-refractivity contribution is 7.99. The van der Waals surface area contributed by atoms with E-state index in [1.54, 1.807) is 12.1 Å². The maximum atomic E-state index is 13.6. The summed E-state index contributed by atoms with van der Waals surface area (Å²) in [6.45, 7) is 2.97. The molecule has 1 aromatic carbocycles. The molecule has 2 fully saturated rings. The van der Waals surface area contributed by atoms with E-state index in [1.807, 2.05) is 21.6 Å². The number of anilines is 1. The number of nitrogens with zero attached hydrogens (tertiary/aromatic N) is 2. The van der Waals surface area contributed by atoms with Crippen LogP contribution in [-0.2, 0) is 14.3 Å². The molecule has 25 heavy (non-hydrogen) atoms. The first kappa shape index (κ1) is 18.2. The van der Waals surface area contributed by atoms with Gasteiger partial charge in [0.05, 0.1) is 18.8 Å². The monoisotopic (exact) mass is 367 g/mol. The summed E-state index contributed by atoms with van der Waals surface area (Å²) in [6.07, 6.45) is -0.530. The third kappa shape index (κ3) is 4.93. The molecule has 2 amide bonds. The highest BCUT2D eigenvalue weighted by Gasteiger charge is 2.31. The lowest BCUT2D eigenvalue weighted by Gasteiger charge is -2.35. The van der Waals surface area contributed by atoms with Crippen LogP contribution in [0, 0.1) is 5.82 Å². The van der Waals surface area contributed by atoms with Gasteiger partial charge < -0.3 is 15.0 Å². The first-order valence-electron chi connectivity index (χ1n) is 8.38. The second-order valence-corrected chi connectivity index (χ2v) is 7.28. The van der Waals surface area contributed by atoms with Gasteiger partial charge in [0.2, 0.25) is 5.91 Å². The molecule has 0 saturated carbocycles. The molecule has 136 valence electrons. The van der Waals surface area contributed by atoms with Crippen molar-refractivity contribution in [1.82, 2.24) is 9.80 Å². The van der Waals surface area contributed by atoms with Crippen LogP contribution in [0.5, 0.6) is 0 Å². The number of thioether (sulfide) groups is 1. The van der Waals surface area contributed by atoms with E-state index in [-0.39, 0.29) is 24.0 Å². The lowest BCUT2D eigenvalue weighted by atomic mass is 10.2. The average molecular weight is 367 g/mol. The van der Waals surface area contributed by atoms with Crippen molar-refractivity contribution in [2.24, 2.45) is 0 Å². The molecule has 0 bridgehead atoms. The fourth-order valence-corrected chi connectivity index (χ4v) is 3.84. The molecule has 3 rings (SSSR count). The Morgan fingerprint density at radius 2 is 2.00 bits per heavy atom. The van der Waals surface area contributed by atoms with Gasteiger partial charge in [0.1, 0.15) is 11.9 Å². The Labute approximate surface area is 150 Å². The molecule has 2 aliphatic rings. The normalized spacial score (nSPS) is 21.8. The molecule has 6 nitrogen and oxygen atoms in total. The van der Waals surface area contributed by atoms with Gasteiger partial charge in [-0.05, 0) is 12.1 Å². The predicted molar refractivity (Wildman–Crippen MR) is 95.1 cm³/mol. The number of nitrogens with one attached hydrogen (secondary N) is 1. The number of benzene rings is 1. The minimum Gasteiger partial charge on any atom is -0.366 e. The summed E-state index contributed by atoms with van der Waals surface area (Å²) in [6, 6.07) is 6.06. The van der Waals surface area contributed by atoms with Crippen LogP contribution >= 0.6 is 11.8 Å². The number of hydrogen-bond donors (Lipinski definition) is 1. The number of carbonyl (C=O) groups is 2. The summed E-state index contributed by atoms with van der Waals surface area (Å²) in [7, 11) is 0. The van der Waals surface area contributed by atoms with Crippen LogP contribution in [0.2, 0.25) is 0 Å². The topological polar surface area (TPSA) is 61.9 Å². The first-order valence-corrected chi connectivity index (χ1v) is 9.54. The summed E-state index contributed by atoms with van der Waals surface area (Å²) in [5, 5.41) is 2.57. The first-order chi connectivity index (χ1) is 12.1. The number of hydrogen-bond acceptors (Lipinski definition) is 5. The third-order valence-electron chi connectivity index (χ3n) is 4.26. The van der Waals surface area contributed by atoms with Crippen molar-refractivity contribution >= 4 is 29.3 Å². The van der Waals surface area contributed by atoms with E-state index in [2.05, 4.69) is 5.32 Å². The van der Waals surface area contributed by atoms with E-state index in [9.17, 15) is 14.0 Å². The number of morpholine rings is 1. The number of para-hydroxylation sites is 1. The quantitative estimate of drug-likeness (QED) is 0.862. The van der Waals surface area contributed by atoms with Gasteiger partial charge in [-0.25, -0.2) is 4.39 Å². The van der Waals surface area contributed by atoms with Crippen LogP contribution in [0.15, 0.2) is 24.3 Å². The van der Waals surface area contributed by atoms with E-state index in [0.717, 1.165) is 24.6 Å². The lowest BCUT2D eigenvalue weighted by molar-refractivity contribution is -0.149. The zero-order valence-corrected chi connectivity index (χ0v) is 14.8. The number of halogens is 1. The smallest absolute Gasteiger partial charge is 0.253 e. The lowest BCUT2D eigenvalue weighted by Crippen LogP contribution is -2.53. The molecule has 1 aromatic rings. The van der Waals surface area contributed by atoms with Crippen LogP contribution in [0.4, 0.5) is 10.1 Å². The minimum atomic E-state index is -0.530. The molecule has 1 unspecified atom stereocenters. The van der Waals surface area contributed by atoms with E-state index >= 15 is 0 Å². The Balaban J connectivity index is 1.51. The zero-order chi connectivity index (χ0) is 17.6. The molecule has 0 radical (unpaired) electrons. The van der Waals surface area contributed by atoms with Gasteiger partial charge in [-0.2, -0.15) is 11.8 Å². The summed E-state index contributed by atoms with van der Waals surface area (Å²) in [4.78, 5) is 28.4. The van der Waals surface area contributed by atoms with Crippen molar-refractivity contribution in [1.29, 1.82) is 0 Å². The summed E-state index contributed by atoms with van der Waals surface area (Å²) in [5.74, 6) is 1.14. The number of amides is 2. The molecule has 2 heterocycles. The molecule has 0 aromatic heterocycles. The second kappa shape index (κ2) is 8.64. The van der Waals surface area contributed by atoms with Crippen LogP contribution in [0.3, 0.4) is 0 Å². The standard InChI is InChI=1S/C17H22FN3O3S/c18-13-3-1-2-4-14(13)19-16(22)12-20-5-8-24-15(11-20)17(23)21-6-9-25-10-7-21/h1-4,15H,5-12H2,(H,19,22). The number of carbonyl (C=O) groups excluding carboxylic acids is 2. The van der Waals surface area contributed by atoms with Crippen molar-refractivity contribution < 1.29 is 18.7 Å². The SMILES string of the molecule is O=C(CN1CCOC(C(=O)N2CCSCC2)C1)Nc1ccccc1F. The molecule has 0 spiro atoms. The average Bonchev–Trinajstić information content (AvgIpc) is 2.64. The van der Waals surface area contributed by atoms with Crippen molar-refractivity contribution in [3.05, 3.63) is 30.1 Å². The summed E-state index contributed by atoms with van der Waals surface area (Å²) < 4.78 is 19.2. The van der Waals surface area contributed by atoms with E-state index in [0.29, 0.717) is 19.7 Å². The van der Waals surface area contributed by atoms with Gasteiger partial charge in [-0.15, -0.1) is 0 Å². The number of ether oxygens (including phenoxy) is 1. The van der Waals surface area contributed by atoms with Crippen molar-refractivity contribution in [2.75, 3.05) is 56.2 Å². The van der Waals surface area contributed by atoms with Crippen molar-refractivity contribution in [2.45, 2.75) is 6.10 Å². The van der Waals surface area contributed by atoms with Gasteiger partial charge in [-0.1, -0.05) is 12.1 Å². The van der Waals surface area contributed by atoms with Crippen molar-refractivity contribution in [3.8, 4) is 0 Å². The van der Waals surface area contributed by atoms with Crippen LogP contribution in [-0.4, -0.2) is 78.6 Å².